The van der Waals surface area contributed by atoms with E-state index in [9.17, 15) is 4.79 Å². The van der Waals surface area contributed by atoms with Crippen LogP contribution in [0.4, 0.5) is 5.69 Å². The molecule has 0 radical (unpaired) electrons. The first-order chi connectivity index (χ1) is 12.3. The highest BCUT2D eigenvalue weighted by Gasteiger charge is 2.49. The number of hydrogen-bond acceptors (Lipinski definition) is 3. The number of fused-ring (bicyclic) bond motifs is 2. The van der Waals surface area contributed by atoms with Crippen molar-refractivity contribution in [1.82, 2.24) is 9.80 Å². The Hall–Kier alpha value is -1.39. The first-order valence-electron chi connectivity index (χ1n) is 10.2. The molecule has 2 saturated heterocycles. The van der Waals surface area contributed by atoms with Crippen molar-refractivity contribution >= 4 is 11.6 Å². The number of carbonyl (C=O) groups is 1. The molecule has 1 aromatic rings. The lowest BCUT2D eigenvalue weighted by molar-refractivity contribution is -0.123. The van der Waals surface area contributed by atoms with E-state index in [0.717, 1.165) is 43.7 Å². The second-order valence-corrected chi connectivity index (χ2v) is 8.49. The molecule has 3 heterocycles. The van der Waals surface area contributed by atoms with E-state index in [-0.39, 0.29) is 11.3 Å². The second-order valence-electron chi connectivity index (χ2n) is 8.49. The Morgan fingerprint density at radius 1 is 0.880 bits per heavy atom. The number of carbonyl (C=O) groups excluding carboxylic acids is 1. The predicted octanol–water partition coefficient (Wildman–Crippen LogP) is 2.99. The average molecular weight is 339 g/mol. The first-order valence-corrected chi connectivity index (χ1v) is 10.2. The number of hydrogen-bond donors (Lipinski definition) is 1. The second kappa shape index (κ2) is 6.10. The summed E-state index contributed by atoms with van der Waals surface area (Å²) in [7, 11) is 0. The highest BCUT2D eigenvalue weighted by Crippen LogP contribution is 2.46. The standard InChI is InChI=1S/C21H29N3O/c25-20-21(18-6-2-3-7-19(18)22-20)8-12-24(13-9-21)17-14-16(15-17)23-10-4-1-5-11-23/h2-3,6-7,16-17H,1,4-5,8-15H2,(H,22,25). The van der Waals surface area contributed by atoms with Crippen molar-refractivity contribution in [2.24, 2.45) is 0 Å². The third kappa shape index (κ3) is 2.53. The van der Waals surface area contributed by atoms with Crippen molar-refractivity contribution in [2.75, 3.05) is 31.5 Å². The minimum absolute atomic E-state index is 0.230. The fraction of sp³-hybridized carbons (Fsp3) is 0.667. The molecule has 3 aliphatic heterocycles. The molecular weight excluding hydrogens is 310 g/mol. The molecule has 3 fully saturated rings. The van der Waals surface area contributed by atoms with Gasteiger partial charge in [-0.15, -0.1) is 0 Å². The van der Waals surface area contributed by atoms with E-state index in [1.54, 1.807) is 0 Å². The number of nitrogens with one attached hydrogen (secondary N) is 1. The normalized spacial score (nSPS) is 32.2. The van der Waals surface area contributed by atoms with Crippen molar-refractivity contribution in [3.05, 3.63) is 29.8 Å². The lowest BCUT2D eigenvalue weighted by Crippen LogP contribution is -2.58. The molecule has 1 N–H and O–H groups in total. The summed E-state index contributed by atoms with van der Waals surface area (Å²) in [6.45, 7) is 4.77. The van der Waals surface area contributed by atoms with E-state index >= 15 is 0 Å². The number of benzene rings is 1. The van der Waals surface area contributed by atoms with Gasteiger partial charge in [0.2, 0.25) is 5.91 Å². The van der Waals surface area contributed by atoms with E-state index in [2.05, 4.69) is 27.2 Å². The van der Waals surface area contributed by atoms with Gasteiger partial charge in [0.15, 0.2) is 0 Å². The zero-order chi connectivity index (χ0) is 16.9. The molecule has 4 aliphatic rings. The Kier molecular flexibility index (Phi) is 3.86. The van der Waals surface area contributed by atoms with Gasteiger partial charge in [-0.05, 0) is 76.3 Å². The smallest absolute Gasteiger partial charge is 0.235 e. The molecule has 25 heavy (non-hydrogen) atoms. The number of para-hydroxylation sites is 1. The molecule has 5 rings (SSSR count). The molecular formula is C21H29N3O. The van der Waals surface area contributed by atoms with Gasteiger partial charge in [-0.25, -0.2) is 0 Å². The summed E-state index contributed by atoms with van der Waals surface area (Å²) in [5.74, 6) is 0.230. The number of likely N-dealkylation sites (tertiary alicyclic amines) is 2. The quantitative estimate of drug-likeness (QED) is 0.900. The summed E-state index contributed by atoms with van der Waals surface area (Å²) in [6.07, 6.45) is 8.83. The van der Waals surface area contributed by atoms with Crippen LogP contribution in [0, 0.1) is 0 Å². The van der Waals surface area contributed by atoms with Crippen molar-refractivity contribution in [2.45, 2.75) is 62.4 Å². The summed E-state index contributed by atoms with van der Waals surface area (Å²) in [5.41, 5.74) is 2.01. The number of nitrogens with zero attached hydrogens (tertiary/aromatic N) is 2. The van der Waals surface area contributed by atoms with Crippen LogP contribution in [0.2, 0.25) is 0 Å². The van der Waals surface area contributed by atoms with E-state index in [1.165, 1.54) is 50.8 Å². The van der Waals surface area contributed by atoms with Crippen LogP contribution in [0.25, 0.3) is 0 Å². The predicted molar refractivity (Wildman–Crippen MR) is 99.8 cm³/mol. The van der Waals surface area contributed by atoms with Gasteiger partial charge in [0.05, 0.1) is 5.41 Å². The van der Waals surface area contributed by atoms with Crippen LogP contribution < -0.4 is 5.32 Å². The SMILES string of the molecule is O=C1Nc2ccccc2C12CCN(C1CC(N3CCCCC3)C1)CC2. The van der Waals surface area contributed by atoms with E-state index in [0.29, 0.717) is 0 Å². The molecule has 0 atom stereocenters. The van der Waals surface area contributed by atoms with Crippen LogP contribution in [0.1, 0.15) is 50.5 Å². The maximum Gasteiger partial charge on any atom is 0.235 e. The van der Waals surface area contributed by atoms with Gasteiger partial charge in [-0.2, -0.15) is 0 Å². The Morgan fingerprint density at radius 3 is 2.24 bits per heavy atom. The summed E-state index contributed by atoms with van der Waals surface area (Å²) in [4.78, 5) is 18.1. The molecule has 1 spiro atoms. The van der Waals surface area contributed by atoms with Crippen LogP contribution in [0.5, 0.6) is 0 Å². The van der Waals surface area contributed by atoms with Gasteiger partial charge in [0, 0.05) is 17.8 Å². The van der Waals surface area contributed by atoms with Crippen LogP contribution in [0.15, 0.2) is 24.3 Å². The first kappa shape index (κ1) is 15.8. The summed E-state index contributed by atoms with van der Waals surface area (Å²) < 4.78 is 0. The minimum atomic E-state index is -0.261. The number of piperidine rings is 2. The molecule has 0 unspecified atom stereocenters. The van der Waals surface area contributed by atoms with E-state index in [4.69, 9.17) is 0 Å². The molecule has 0 bridgehead atoms. The van der Waals surface area contributed by atoms with Gasteiger partial charge in [-0.3, -0.25) is 4.79 Å². The third-order valence-corrected chi connectivity index (χ3v) is 7.29. The lowest BCUT2D eigenvalue weighted by atomic mass is 9.72. The van der Waals surface area contributed by atoms with E-state index in [1.807, 2.05) is 12.1 Å². The summed E-state index contributed by atoms with van der Waals surface area (Å²) in [5, 5.41) is 3.12. The maximum atomic E-state index is 12.7. The molecule has 1 aromatic carbocycles. The number of anilines is 1. The van der Waals surface area contributed by atoms with Crippen molar-refractivity contribution in [1.29, 1.82) is 0 Å². The van der Waals surface area contributed by atoms with E-state index < -0.39 is 0 Å². The molecule has 1 saturated carbocycles. The molecule has 1 aliphatic carbocycles. The largest absolute Gasteiger partial charge is 0.325 e. The number of amides is 1. The molecule has 4 heteroatoms. The highest BCUT2D eigenvalue weighted by molar-refractivity contribution is 6.06. The zero-order valence-electron chi connectivity index (χ0n) is 15.0. The third-order valence-electron chi connectivity index (χ3n) is 7.29. The summed E-state index contributed by atoms with van der Waals surface area (Å²) in [6, 6.07) is 9.87. The van der Waals surface area contributed by atoms with Gasteiger partial charge in [0.25, 0.3) is 0 Å². The van der Waals surface area contributed by atoms with Gasteiger partial charge in [-0.1, -0.05) is 24.6 Å². The summed E-state index contributed by atoms with van der Waals surface area (Å²) >= 11 is 0. The Labute approximate surface area is 150 Å². The van der Waals surface area contributed by atoms with Crippen LogP contribution in [-0.2, 0) is 10.2 Å². The van der Waals surface area contributed by atoms with Crippen LogP contribution in [0.3, 0.4) is 0 Å². The Morgan fingerprint density at radius 2 is 1.52 bits per heavy atom. The Bertz CT molecular complexity index is 653. The monoisotopic (exact) mass is 339 g/mol. The van der Waals surface area contributed by atoms with Gasteiger partial charge >= 0.3 is 0 Å². The zero-order valence-corrected chi connectivity index (χ0v) is 15.0. The molecule has 134 valence electrons. The highest BCUT2D eigenvalue weighted by atomic mass is 16.2. The topological polar surface area (TPSA) is 35.6 Å². The average Bonchev–Trinajstić information content (AvgIpc) is 2.88. The minimum Gasteiger partial charge on any atom is -0.325 e. The molecule has 0 aromatic heterocycles. The number of rotatable bonds is 2. The fourth-order valence-corrected chi connectivity index (χ4v) is 5.58. The van der Waals surface area contributed by atoms with Crippen LogP contribution >= 0.6 is 0 Å². The fourth-order valence-electron chi connectivity index (χ4n) is 5.58. The van der Waals surface area contributed by atoms with Gasteiger partial charge < -0.3 is 15.1 Å². The molecule has 4 nitrogen and oxygen atoms in total. The van der Waals surface area contributed by atoms with Crippen LogP contribution in [-0.4, -0.2) is 54.0 Å². The molecule has 1 amide bonds. The Balaban J connectivity index is 1.21. The van der Waals surface area contributed by atoms with Gasteiger partial charge in [0.1, 0.15) is 0 Å². The maximum absolute atomic E-state index is 12.7. The lowest BCUT2D eigenvalue weighted by Gasteiger charge is -2.51. The van der Waals surface area contributed by atoms with Crippen molar-refractivity contribution in [3.63, 3.8) is 0 Å². The van der Waals surface area contributed by atoms with Crippen molar-refractivity contribution in [3.8, 4) is 0 Å². The van der Waals surface area contributed by atoms with Crippen molar-refractivity contribution < 1.29 is 4.79 Å².